The predicted molar refractivity (Wildman–Crippen MR) is 65.4 cm³/mol. The molecule has 1 aromatic rings. The number of hydrogen-bond donors (Lipinski definition) is 1. The molecule has 1 N–H and O–H groups in total. The molecule has 84 valence electrons. The topological polar surface area (TPSA) is 37.3 Å². The van der Waals surface area contributed by atoms with Crippen LogP contribution in [0.3, 0.4) is 0 Å². The number of carbonyl (C=O) groups excluding carboxylic acids is 1. The van der Waals surface area contributed by atoms with Crippen molar-refractivity contribution in [3.63, 3.8) is 0 Å². The number of aldehydes is 1. The average molecular weight is 216 g/mol. The molecule has 2 nitrogen and oxygen atoms in total. The fraction of sp³-hybridized carbons (Fsp3) is 0.214. The molecule has 2 heteroatoms. The lowest BCUT2D eigenvalue weighted by Gasteiger charge is -2.27. The Hall–Kier alpha value is -1.67. The van der Waals surface area contributed by atoms with Crippen molar-refractivity contribution in [2.24, 2.45) is 0 Å². The Bertz CT molecular complexity index is 383. The van der Waals surface area contributed by atoms with Gasteiger partial charge in [-0.1, -0.05) is 36.4 Å². The van der Waals surface area contributed by atoms with Gasteiger partial charge in [0, 0.05) is 5.56 Å². The standard InChI is InChI=1S/C14H16O2/c1-3-9-14(16,10-4-2)13-8-6-5-7-12(13)11-15/h3-8,11,16H,1-2,9-10H2. The van der Waals surface area contributed by atoms with E-state index in [0.29, 0.717) is 24.0 Å². The summed E-state index contributed by atoms with van der Waals surface area (Å²) in [7, 11) is 0. The highest BCUT2D eigenvalue weighted by molar-refractivity contribution is 5.77. The molecule has 1 aromatic carbocycles. The largest absolute Gasteiger partial charge is 0.384 e. The highest BCUT2D eigenvalue weighted by Gasteiger charge is 2.28. The summed E-state index contributed by atoms with van der Waals surface area (Å²) in [5.41, 5.74) is 0.0552. The number of benzene rings is 1. The van der Waals surface area contributed by atoms with Gasteiger partial charge in [0.1, 0.15) is 6.29 Å². The average Bonchev–Trinajstić information content (AvgIpc) is 2.29. The molecule has 0 spiro atoms. The zero-order valence-corrected chi connectivity index (χ0v) is 9.23. The summed E-state index contributed by atoms with van der Waals surface area (Å²) in [4.78, 5) is 10.9. The molecule has 0 unspecified atom stereocenters. The predicted octanol–water partition coefficient (Wildman–Crippen LogP) is 2.84. The first kappa shape index (κ1) is 12.4. The normalized spacial score (nSPS) is 10.8. The maximum absolute atomic E-state index is 10.9. The minimum atomic E-state index is -1.08. The summed E-state index contributed by atoms with van der Waals surface area (Å²) in [6.45, 7) is 7.25. The van der Waals surface area contributed by atoms with Crippen molar-refractivity contribution in [1.29, 1.82) is 0 Å². The van der Waals surface area contributed by atoms with E-state index < -0.39 is 5.60 Å². The summed E-state index contributed by atoms with van der Waals surface area (Å²) < 4.78 is 0. The molecule has 1 rings (SSSR count). The van der Waals surface area contributed by atoms with Gasteiger partial charge in [0.25, 0.3) is 0 Å². The first-order valence-corrected chi connectivity index (χ1v) is 5.17. The van der Waals surface area contributed by atoms with Crippen LogP contribution in [0.5, 0.6) is 0 Å². The molecule has 0 aliphatic carbocycles. The van der Waals surface area contributed by atoms with Crippen molar-refractivity contribution in [2.45, 2.75) is 18.4 Å². The van der Waals surface area contributed by atoms with E-state index in [4.69, 9.17) is 0 Å². The van der Waals surface area contributed by atoms with Crippen LogP contribution in [0.1, 0.15) is 28.8 Å². The minimum Gasteiger partial charge on any atom is -0.384 e. The van der Waals surface area contributed by atoms with Crippen molar-refractivity contribution in [3.8, 4) is 0 Å². The third-order valence-electron chi connectivity index (χ3n) is 2.55. The van der Waals surface area contributed by atoms with Crippen LogP contribution in [0, 0.1) is 0 Å². The SMILES string of the molecule is C=CCC(O)(CC=C)c1ccccc1C=O. The van der Waals surface area contributed by atoms with Crippen LogP contribution in [0.4, 0.5) is 0 Å². The number of rotatable bonds is 6. The van der Waals surface area contributed by atoms with Gasteiger partial charge in [-0.3, -0.25) is 4.79 Å². The van der Waals surface area contributed by atoms with Crippen molar-refractivity contribution in [3.05, 3.63) is 60.7 Å². The maximum Gasteiger partial charge on any atom is 0.150 e. The van der Waals surface area contributed by atoms with Crippen LogP contribution in [-0.4, -0.2) is 11.4 Å². The third kappa shape index (κ3) is 2.47. The van der Waals surface area contributed by atoms with Gasteiger partial charge in [0.15, 0.2) is 0 Å². The van der Waals surface area contributed by atoms with E-state index in [1.165, 1.54) is 0 Å². The molecule has 0 radical (unpaired) electrons. The van der Waals surface area contributed by atoms with Crippen LogP contribution in [0.2, 0.25) is 0 Å². The second kappa shape index (κ2) is 5.42. The van der Waals surface area contributed by atoms with E-state index in [1.807, 2.05) is 0 Å². The molecule has 0 saturated heterocycles. The van der Waals surface area contributed by atoms with Crippen LogP contribution < -0.4 is 0 Å². The Morgan fingerprint density at radius 2 is 1.75 bits per heavy atom. The Labute approximate surface area is 95.9 Å². The highest BCUT2D eigenvalue weighted by atomic mass is 16.3. The van der Waals surface area contributed by atoms with Gasteiger partial charge in [-0.2, -0.15) is 0 Å². The first-order chi connectivity index (χ1) is 7.68. The highest BCUT2D eigenvalue weighted by Crippen LogP contribution is 2.31. The van der Waals surface area contributed by atoms with Crippen molar-refractivity contribution in [2.75, 3.05) is 0 Å². The number of carbonyl (C=O) groups is 1. The Morgan fingerprint density at radius 1 is 1.19 bits per heavy atom. The van der Waals surface area contributed by atoms with Crippen molar-refractivity contribution >= 4 is 6.29 Å². The van der Waals surface area contributed by atoms with Gasteiger partial charge >= 0.3 is 0 Å². The Balaban J connectivity index is 3.23. The van der Waals surface area contributed by atoms with Crippen LogP contribution in [0.15, 0.2) is 49.6 Å². The quantitative estimate of drug-likeness (QED) is 0.586. The van der Waals surface area contributed by atoms with E-state index >= 15 is 0 Å². The van der Waals surface area contributed by atoms with Crippen molar-refractivity contribution < 1.29 is 9.90 Å². The van der Waals surface area contributed by atoms with Gasteiger partial charge in [0.05, 0.1) is 5.60 Å². The summed E-state index contributed by atoms with van der Waals surface area (Å²) in [5.74, 6) is 0. The van der Waals surface area contributed by atoms with E-state index in [2.05, 4.69) is 13.2 Å². The fourth-order valence-corrected chi connectivity index (χ4v) is 1.80. The summed E-state index contributed by atoms with van der Waals surface area (Å²) in [6, 6.07) is 7.03. The van der Waals surface area contributed by atoms with Crippen molar-refractivity contribution in [1.82, 2.24) is 0 Å². The zero-order valence-electron chi connectivity index (χ0n) is 9.23. The van der Waals surface area contributed by atoms with Gasteiger partial charge in [-0.25, -0.2) is 0 Å². The first-order valence-electron chi connectivity index (χ1n) is 5.17. The zero-order chi connectivity index (χ0) is 12.0. The smallest absolute Gasteiger partial charge is 0.150 e. The van der Waals surface area contributed by atoms with Crippen LogP contribution in [-0.2, 0) is 5.60 Å². The number of hydrogen-bond acceptors (Lipinski definition) is 2. The van der Waals surface area contributed by atoms with Gasteiger partial charge < -0.3 is 5.11 Å². The molecule has 0 aliphatic rings. The molecule has 0 fully saturated rings. The minimum absolute atomic E-state index is 0.393. The Morgan fingerprint density at radius 3 is 2.25 bits per heavy atom. The second-order valence-electron chi connectivity index (χ2n) is 3.72. The number of aliphatic hydroxyl groups is 1. The lowest BCUT2D eigenvalue weighted by atomic mass is 9.84. The molecular weight excluding hydrogens is 200 g/mol. The van der Waals surface area contributed by atoms with Gasteiger partial charge in [-0.05, 0) is 18.4 Å². The molecule has 16 heavy (non-hydrogen) atoms. The third-order valence-corrected chi connectivity index (χ3v) is 2.55. The molecule has 0 heterocycles. The summed E-state index contributed by atoms with van der Waals surface area (Å²) in [5, 5.41) is 10.5. The molecule has 0 aliphatic heterocycles. The molecular formula is C14H16O2. The Kier molecular flexibility index (Phi) is 4.20. The summed E-state index contributed by atoms with van der Waals surface area (Å²) >= 11 is 0. The monoisotopic (exact) mass is 216 g/mol. The maximum atomic E-state index is 10.9. The van der Waals surface area contributed by atoms with Gasteiger partial charge in [0.2, 0.25) is 0 Å². The molecule has 0 saturated carbocycles. The molecule has 0 aromatic heterocycles. The summed E-state index contributed by atoms with van der Waals surface area (Å²) in [6.07, 6.45) is 4.83. The molecule has 0 atom stereocenters. The van der Waals surface area contributed by atoms with E-state index in [-0.39, 0.29) is 0 Å². The van der Waals surface area contributed by atoms with E-state index in [9.17, 15) is 9.90 Å². The lowest BCUT2D eigenvalue weighted by molar-refractivity contribution is 0.0421. The van der Waals surface area contributed by atoms with E-state index in [0.717, 1.165) is 6.29 Å². The molecule has 0 amide bonds. The van der Waals surface area contributed by atoms with Gasteiger partial charge in [-0.15, -0.1) is 13.2 Å². The van der Waals surface area contributed by atoms with Crippen LogP contribution >= 0.6 is 0 Å². The van der Waals surface area contributed by atoms with Crippen LogP contribution in [0.25, 0.3) is 0 Å². The second-order valence-corrected chi connectivity index (χ2v) is 3.72. The van der Waals surface area contributed by atoms with E-state index in [1.54, 1.807) is 36.4 Å². The fourth-order valence-electron chi connectivity index (χ4n) is 1.80. The molecule has 0 bridgehead atoms. The lowest BCUT2D eigenvalue weighted by Crippen LogP contribution is -2.25.